The summed E-state index contributed by atoms with van der Waals surface area (Å²) in [6, 6.07) is 0. The van der Waals surface area contributed by atoms with Crippen molar-refractivity contribution in [2.45, 2.75) is 52.2 Å². The lowest BCUT2D eigenvalue weighted by Crippen LogP contribution is -2.44. The molecule has 0 aromatic carbocycles. The van der Waals surface area contributed by atoms with Gasteiger partial charge in [-0.3, -0.25) is 0 Å². The van der Waals surface area contributed by atoms with E-state index in [9.17, 15) is 10.2 Å². The summed E-state index contributed by atoms with van der Waals surface area (Å²) in [4.78, 5) is 0. The molecule has 2 N–H and O–H groups in total. The van der Waals surface area contributed by atoms with Crippen LogP contribution >= 0.6 is 0 Å². The highest BCUT2D eigenvalue weighted by atomic mass is 16.5. The van der Waals surface area contributed by atoms with Gasteiger partial charge in [0.05, 0.1) is 0 Å². The van der Waals surface area contributed by atoms with Crippen LogP contribution in [0.4, 0.5) is 0 Å². The smallest absolute Gasteiger partial charge is 0.166 e. The van der Waals surface area contributed by atoms with Gasteiger partial charge in [0.1, 0.15) is 0 Å². The van der Waals surface area contributed by atoms with Gasteiger partial charge in [0.25, 0.3) is 0 Å². The molecule has 0 aliphatic heterocycles. The molecule has 0 heterocycles. The Morgan fingerprint density at radius 3 is 2.53 bits per heavy atom. The van der Waals surface area contributed by atoms with Crippen LogP contribution in [0.2, 0.25) is 0 Å². The highest BCUT2D eigenvalue weighted by Crippen LogP contribution is 2.74. The molecule has 4 atom stereocenters. The number of hydrogen-bond acceptors (Lipinski definition) is 2. The molecule has 0 saturated heterocycles. The van der Waals surface area contributed by atoms with Gasteiger partial charge in [0, 0.05) is 12.3 Å². The van der Waals surface area contributed by atoms with Crippen molar-refractivity contribution in [3.8, 4) is 0 Å². The van der Waals surface area contributed by atoms with Crippen molar-refractivity contribution in [1.29, 1.82) is 0 Å². The molecule has 3 rings (SSSR count). The van der Waals surface area contributed by atoms with Crippen LogP contribution < -0.4 is 0 Å². The Morgan fingerprint density at radius 2 is 1.88 bits per heavy atom. The van der Waals surface area contributed by atoms with Crippen LogP contribution in [0.25, 0.3) is 0 Å². The van der Waals surface area contributed by atoms with E-state index in [1.54, 1.807) is 0 Å². The van der Waals surface area contributed by atoms with Gasteiger partial charge in [0.15, 0.2) is 5.79 Å². The molecule has 0 radical (unpaired) electrons. The summed E-state index contributed by atoms with van der Waals surface area (Å²) in [7, 11) is 0. The Balaban J connectivity index is 2.15. The minimum atomic E-state index is -1.47. The molecule has 2 nitrogen and oxygen atoms in total. The van der Waals surface area contributed by atoms with E-state index in [0.29, 0.717) is 18.3 Å². The zero-order chi connectivity index (χ0) is 12.6. The second-order valence-electron chi connectivity index (χ2n) is 7.39. The van der Waals surface area contributed by atoms with Gasteiger partial charge in [0.2, 0.25) is 0 Å². The average Bonchev–Trinajstić information content (AvgIpc) is 2.50. The maximum absolute atomic E-state index is 10.4. The van der Waals surface area contributed by atoms with E-state index < -0.39 is 5.79 Å². The summed E-state index contributed by atoms with van der Waals surface area (Å²) in [5.41, 5.74) is 1.46. The lowest BCUT2D eigenvalue weighted by molar-refractivity contribution is -0.215. The van der Waals surface area contributed by atoms with Crippen molar-refractivity contribution in [3.63, 3.8) is 0 Å². The summed E-state index contributed by atoms with van der Waals surface area (Å²) in [5.74, 6) is -0.563. The minimum Gasteiger partial charge on any atom is -0.365 e. The predicted octanol–water partition coefficient (Wildman–Crippen LogP) is 2.71. The molecule has 1 spiro atoms. The van der Waals surface area contributed by atoms with Crippen LogP contribution in [-0.2, 0) is 0 Å². The zero-order valence-electron chi connectivity index (χ0n) is 11.2. The fourth-order valence-electron chi connectivity index (χ4n) is 5.75. The number of fused-ring (bicyclic) bond motifs is 1. The Morgan fingerprint density at radius 1 is 1.24 bits per heavy atom. The van der Waals surface area contributed by atoms with Crippen LogP contribution in [0.5, 0.6) is 0 Å². The van der Waals surface area contributed by atoms with E-state index in [0.717, 1.165) is 19.3 Å². The van der Waals surface area contributed by atoms with Crippen molar-refractivity contribution in [1.82, 2.24) is 0 Å². The summed E-state index contributed by atoms with van der Waals surface area (Å²) in [5, 5.41) is 20.8. The lowest BCUT2D eigenvalue weighted by Gasteiger charge is -2.40. The van der Waals surface area contributed by atoms with Gasteiger partial charge >= 0.3 is 0 Å². The number of rotatable bonds is 0. The first-order valence-electron chi connectivity index (χ1n) is 6.84. The molecule has 0 amide bonds. The van der Waals surface area contributed by atoms with E-state index in [2.05, 4.69) is 27.4 Å². The standard InChI is InChI=1S/C15H24O2/c1-9-5-6-14-8-11(9)13(3,4)12(14)15(16,17)7-10(14)2/h10-12,16-17H,1,5-8H2,2-4H3. The Kier molecular flexibility index (Phi) is 2.05. The second-order valence-corrected chi connectivity index (χ2v) is 7.39. The van der Waals surface area contributed by atoms with Gasteiger partial charge in [-0.25, -0.2) is 0 Å². The van der Waals surface area contributed by atoms with Crippen molar-refractivity contribution in [3.05, 3.63) is 12.2 Å². The molecular formula is C15H24O2. The maximum Gasteiger partial charge on any atom is 0.166 e. The van der Waals surface area contributed by atoms with Gasteiger partial charge < -0.3 is 10.2 Å². The van der Waals surface area contributed by atoms with Gasteiger partial charge in [-0.1, -0.05) is 32.9 Å². The average molecular weight is 236 g/mol. The molecule has 96 valence electrons. The first-order chi connectivity index (χ1) is 7.72. The molecule has 0 aromatic rings. The monoisotopic (exact) mass is 236 g/mol. The Hall–Kier alpha value is -0.340. The van der Waals surface area contributed by atoms with Crippen molar-refractivity contribution in [2.24, 2.45) is 28.6 Å². The van der Waals surface area contributed by atoms with Crippen LogP contribution in [0, 0.1) is 28.6 Å². The third-order valence-electron chi connectivity index (χ3n) is 6.26. The van der Waals surface area contributed by atoms with Crippen LogP contribution in [0.3, 0.4) is 0 Å². The number of hydrogen-bond donors (Lipinski definition) is 2. The molecule has 3 saturated carbocycles. The van der Waals surface area contributed by atoms with E-state index in [-0.39, 0.29) is 16.7 Å². The van der Waals surface area contributed by atoms with Gasteiger partial charge in [-0.05, 0) is 41.9 Å². The molecule has 3 fully saturated rings. The summed E-state index contributed by atoms with van der Waals surface area (Å²) < 4.78 is 0. The van der Waals surface area contributed by atoms with Crippen molar-refractivity contribution < 1.29 is 10.2 Å². The molecule has 3 aliphatic rings. The maximum atomic E-state index is 10.4. The molecule has 2 bridgehead atoms. The molecule has 3 aliphatic carbocycles. The number of allylic oxidation sites excluding steroid dienone is 1. The molecule has 4 unspecified atom stereocenters. The Bertz CT molecular complexity index is 382. The van der Waals surface area contributed by atoms with Gasteiger partial charge in [-0.15, -0.1) is 0 Å². The minimum absolute atomic E-state index is 0.0155. The van der Waals surface area contributed by atoms with E-state index in [1.807, 2.05) is 0 Å². The third-order valence-corrected chi connectivity index (χ3v) is 6.26. The van der Waals surface area contributed by atoms with Crippen molar-refractivity contribution >= 4 is 0 Å². The highest BCUT2D eigenvalue weighted by molar-refractivity contribution is 5.26. The second kappa shape index (κ2) is 2.97. The van der Waals surface area contributed by atoms with Crippen LogP contribution in [-0.4, -0.2) is 16.0 Å². The van der Waals surface area contributed by atoms with E-state index >= 15 is 0 Å². The highest BCUT2D eigenvalue weighted by Gasteiger charge is 2.71. The number of aliphatic hydroxyl groups is 2. The summed E-state index contributed by atoms with van der Waals surface area (Å²) in [6.45, 7) is 10.8. The topological polar surface area (TPSA) is 40.5 Å². The molecular weight excluding hydrogens is 212 g/mol. The fraction of sp³-hybridized carbons (Fsp3) is 0.867. The lowest BCUT2D eigenvalue weighted by atomic mass is 9.66. The molecule has 17 heavy (non-hydrogen) atoms. The van der Waals surface area contributed by atoms with Crippen LogP contribution in [0.1, 0.15) is 46.5 Å². The normalized spacial score (nSPS) is 50.4. The SMILES string of the molecule is C=C1CCC23CC1C(C)(C)C2C(O)(O)CC3C. The fourth-order valence-corrected chi connectivity index (χ4v) is 5.75. The van der Waals surface area contributed by atoms with Gasteiger partial charge in [-0.2, -0.15) is 0 Å². The van der Waals surface area contributed by atoms with Crippen molar-refractivity contribution in [2.75, 3.05) is 0 Å². The first kappa shape index (κ1) is 11.7. The molecule has 0 aromatic heterocycles. The zero-order valence-corrected chi connectivity index (χ0v) is 11.2. The molecule has 2 heteroatoms. The quantitative estimate of drug-likeness (QED) is 0.501. The summed E-state index contributed by atoms with van der Waals surface area (Å²) in [6.07, 6.45) is 3.83. The van der Waals surface area contributed by atoms with E-state index in [4.69, 9.17) is 0 Å². The third kappa shape index (κ3) is 1.18. The van der Waals surface area contributed by atoms with E-state index in [1.165, 1.54) is 5.57 Å². The largest absolute Gasteiger partial charge is 0.365 e. The van der Waals surface area contributed by atoms with Crippen LogP contribution in [0.15, 0.2) is 12.2 Å². The summed E-state index contributed by atoms with van der Waals surface area (Å²) >= 11 is 0. The predicted molar refractivity (Wildman–Crippen MR) is 67.1 cm³/mol. The first-order valence-corrected chi connectivity index (χ1v) is 6.84. The Labute approximate surface area is 104 Å².